The van der Waals surface area contributed by atoms with Crippen LogP contribution in [0.3, 0.4) is 0 Å². The third-order valence-corrected chi connectivity index (χ3v) is 6.99. The minimum Gasteiger partial charge on any atom is -0.355 e. The number of nitrogens with zero attached hydrogens (tertiary/aromatic N) is 2. The van der Waals surface area contributed by atoms with Crippen molar-refractivity contribution in [3.05, 3.63) is 102 Å². The molecule has 0 fully saturated rings. The van der Waals surface area contributed by atoms with E-state index in [1.54, 1.807) is 6.20 Å². The van der Waals surface area contributed by atoms with Crippen LogP contribution in [-0.2, 0) is 6.42 Å². The molecule has 0 saturated heterocycles. The number of thioether (sulfide) groups is 1. The minimum absolute atomic E-state index is 0.384. The first-order valence-corrected chi connectivity index (χ1v) is 11.5. The molecule has 1 aliphatic rings. The summed E-state index contributed by atoms with van der Waals surface area (Å²) < 4.78 is 0. The number of fused-ring (bicyclic) bond motifs is 2. The van der Waals surface area contributed by atoms with Gasteiger partial charge >= 0.3 is 0 Å². The van der Waals surface area contributed by atoms with E-state index in [1.165, 1.54) is 21.4 Å². The summed E-state index contributed by atoms with van der Waals surface area (Å²) in [6.07, 6.45) is 16.8. The molecule has 0 radical (unpaired) electrons. The number of allylic oxidation sites excluding steroid dienone is 2. The molecule has 32 heavy (non-hydrogen) atoms. The molecule has 0 spiro atoms. The van der Waals surface area contributed by atoms with Crippen LogP contribution in [0.15, 0.2) is 84.3 Å². The summed E-state index contributed by atoms with van der Waals surface area (Å²) in [6.45, 7) is 0. The maximum atomic E-state index is 4.42. The van der Waals surface area contributed by atoms with E-state index in [9.17, 15) is 0 Å². The van der Waals surface area contributed by atoms with Crippen LogP contribution < -0.4 is 0 Å². The molecule has 6 rings (SSSR count). The largest absolute Gasteiger partial charge is 0.355 e. The van der Waals surface area contributed by atoms with Crippen molar-refractivity contribution >= 4 is 34.8 Å². The number of H-pyrrole nitrogens is 3. The van der Waals surface area contributed by atoms with E-state index in [4.69, 9.17) is 0 Å². The van der Waals surface area contributed by atoms with Gasteiger partial charge in [-0.05, 0) is 41.8 Å². The van der Waals surface area contributed by atoms with E-state index in [-0.39, 0.29) is 0 Å². The van der Waals surface area contributed by atoms with Crippen LogP contribution >= 0.6 is 11.8 Å². The molecule has 4 heterocycles. The van der Waals surface area contributed by atoms with E-state index in [0.717, 1.165) is 34.8 Å². The van der Waals surface area contributed by atoms with Gasteiger partial charge in [0.05, 0.1) is 5.25 Å². The number of rotatable bonds is 5. The second-order valence-corrected chi connectivity index (χ2v) is 9.08. The van der Waals surface area contributed by atoms with Gasteiger partial charge in [0.2, 0.25) is 0 Å². The minimum atomic E-state index is 0.384. The Kier molecular flexibility index (Phi) is 4.77. The summed E-state index contributed by atoms with van der Waals surface area (Å²) in [7, 11) is 0. The number of hydrogen-bond donors (Lipinski definition) is 3. The quantitative estimate of drug-likeness (QED) is 0.280. The van der Waals surface area contributed by atoms with Gasteiger partial charge < -0.3 is 15.0 Å². The van der Waals surface area contributed by atoms with Crippen molar-refractivity contribution in [2.24, 2.45) is 0 Å². The SMILES string of the molecule is C(/C=C/c1cc2ccc(-c3ncc[nH]3)cc2[nH]1)=C\c1ccc2c(c1)SC(c1ncc[nH]1)C2. The monoisotopic (exact) mass is 435 g/mol. The average molecular weight is 436 g/mol. The highest BCUT2D eigenvalue weighted by molar-refractivity contribution is 7.99. The van der Waals surface area contributed by atoms with Crippen molar-refractivity contribution in [1.29, 1.82) is 0 Å². The third kappa shape index (κ3) is 3.69. The molecule has 0 bridgehead atoms. The molecule has 3 N–H and O–H groups in total. The van der Waals surface area contributed by atoms with Crippen molar-refractivity contribution in [3.8, 4) is 11.4 Å². The molecule has 5 nitrogen and oxygen atoms in total. The highest BCUT2D eigenvalue weighted by Gasteiger charge is 2.25. The van der Waals surface area contributed by atoms with Gasteiger partial charge in [0.25, 0.3) is 0 Å². The molecule has 1 aliphatic heterocycles. The molecule has 0 amide bonds. The summed E-state index contributed by atoms with van der Waals surface area (Å²) in [5.41, 5.74) is 5.86. The lowest BCUT2D eigenvalue weighted by molar-refractivity contribution is 0.875. The fraction of sp³-hybridized carbons (Fsp3) is 0.0769. The second kappa shape index (κ2) is 8.05. The van der Waals surface area contributed by atoms with E-state index in [2.05, 4.69) is 91.7 Å². The van der Waals surface area contributed by atoms with E-state index < -0.39 is 0 Å². The summed E-state index contributed by atoms with van der Waals surface area (Å²) >= 11 is 1.89. The van der Waals surface area contributed by atoms with Crippen LogP contribution in [0.4, 0.5) is 0 Å². The maximum Gasteiger partial charge on any atom is 0.137 e. The Morgan fingerprint density at radius 1 is 0.906 bits per heavy atom. The van der Waals surface area contributed by atoms with E-state index in [1.807, 2.05) is 30.4 Å². The number of benzene rings is 2. The third-order valence-electron chi connectivity index (χ3n) is 5.68. The van der Waals surface area contributed by atoms with E-state index >= 15 is 0 Å². The second-order valence-electron chi connectivity index (χ2n) is 7.83. The molecule has 0 saturated carbocycles. The fourth-order valence-electron chi connectivity index (χ4n) is 4.09. The van der Waals surface area contributed by atoms with Gasteiger partial charge in [-0.15, -0.1) is 11.8 Å². The summed E-state index contributed by atoms with van der Waals surface area (Å²) in [5, 5.41) is 1.57. The average Bonchev–Trinajstić information content (AvgIpc) is 3.61. The van der Waals surface area contributed by atoms with Crippen molar-refractivity contribution in [2.75, 3.05) is 0 Å². The molecule has 1 unspecified atom stereocenters. The number of imidazole rings is 2. The van der Waals surface area contributed by atoms with Gasteiger partial charge in [-0.2, -0.15) is 0 Å². The molecule has 6 heteroatoms. The van der Waals surface area contributed by atoms with Gasteiger partial charge in [0.15, 0.2) is 0 Å². The Balaban J connectivity index is 1.15. The molecule has 1 atom stereocenters. The molecule has 0 aliphatic carbocycles. The topological polar surface area (TPSA) is 73.2 Å². The first kappa shape index (κ1) is 19.0. The maximum absolute atomic E-state index is 4.42. The lowest BCUT2D eigenvalue weighted by atomic mass is 10.1. The number of hydrogen-bond acceptors (Lipinski definition) is 3. The number of aromatic nitrogens is 5. The predicted octanol–water partition coefficient (Wildman–Crippen LogP) is 6.40. The lowest BCUT2D eigenvalue weighted by Gasteiger charge is -2.02. The Morgan fingerprint density at radius 3 is 2.69 bits per heavy atom. The number of aromatic amines is 3. The highest BCUT2D eigenvalue weighted by Crippen LogP contribution is 2.45. The predicted molar refractivity (Wildman–Crippen MR) is 131 cm³/mol. The van der Waals surface area contributed by atoms with Gasteiger partial charge in [0, 0.05) is 51.8 Å². The highest BCUT2D eigenvalue weighted by atomic mass is 32.2. The van der Waals surface area contributed by atoms with Crippen molar-refractivity contribution in [3.63, 3.8) is 0 Å². The molecule has 5 aromatic rings. The normalized spacial score (nSPS) is 15.9. The molecule has 2 aromatic carbocycles. The summed E-state index contributed by atoms with van der Waals surface area (Å²) in [5.74, 6) is 1.94. The smallest absolute Gasteiger partial charge is 0.137 e. The zero-order valence-electron chi connectivity index (χ0n) is 17.2. The van der Waals surface area contributed by atoms with Crippen molar-refractivity contribution in [1.82, 2.24) is 24.9 Å². The van der Waals surface area contributed by atoms with Gasteiger partial charge in [-0.1, -0.05) is 42.5 Å². The zero-order chi connectivity index (χ0) is 21.3. The molecular weight excluding hydrogens is 414 g/mol. The van der Waals surface area contributed by atoms with Crippen LogP contribution in [0, 0.1) is 0 Å². The first-order valence-electron chi connectivity index (χ1n) is 10.6. The van der Waals surface area contributed by atoms with Crippen molar-refractivity contribution in [2.45, 2.75) is 16.6 Å². The molecule has 156 valence electrons. The summed E-state index contributed by atoms with van der Waals surface area (Å²) in [4.78, 5) is 20.0. The first-order chi connectivity index (χ1) is 15.8. The van der Waals surface area contributed by atoms with Crippen molar-refractivity contribution < 1.29 is 0 Å². The zero-order valence-corrected chi connectivity index (χ0v) is 18.1. The fourth-order valence-corrected chi connectivity index (χ4v) is 5.41. The van der Waals surface area contributed by atoms with Crippen LogP contribution in [0.1, 0.15) is 27.9 Å². The lowest BCUT2D eigenvalue weighted by Crippen LogP contribution is -1.94. The molecule has 3 aromatic heterocycles. The number of nitrogens with one attached hydrogen (secondary N) is 3. The van der Waals surface area contributed by atoms with E-state index in [0.29, 0.717) is 5.25 Å². The van der Waals surface area contributed by atoms with Gasteiger partial charge in [-0.25, -0.2) is 9.97 Å². The Labute approximate surface area is 189 Å². The van der Waals surface area contributed by atoms with Gasteiger partial charge in [-0.3, -0.25) is 0 Å². The Morgan fingerprint density at radius 2 is 1.81 bits per heavy atom. The summed E-state index contributed by atoms with van der Waals surface area (Å²) in [6, 6.07) is 15.2. The van der Waals surface area contributed by atoms with Crippen LogP contribution in [0.2, 0.25) is 0 Å². The van der Waals surface area contributed by atoms with Crippen LogP contribution in [-0.4, -0.2) is 24.9 Å². The van der Waals surface area contributed by atoms with Crippen LogP contribution in [0.5, 0.6) is 0 Å². The Bertz CT molecular complexity index is 1420. The van der Waals surface area contributed by atoms with Gasteiger partial charge in [0.1, 0.15) is 11.6 Å². The van der Waals surface area contributed by atoms with Crippen LogP contribution in [0.25, 0.3) is 34.4 Å². The Hall–Kier alpha value is -3.77. The molecular formula is C26H21N5S. The standard InChI is InChI=1S/C26H21N5S/c1(3-17-5-6-19-16-24(32-23(19)13-17)26-29-11-12-30-26)2-4-21-14-18-7-8-20(15-22(18)31-21)25-27-9-10-28-25/h1-15,24,31H,16H2,(H,27,28)(H,29,30)/b3-1+,4-2+.